The van der Waals surface area contributed by atoms with Gasteiger partial charge in [-0.3, -0.25) is 14.4 Å². The lowest BCUT2D eigenvalue weighted by atomic mass is 9.93. The number of fused-ring (bicyclic) bond motifs is 1. The van der Waals surface area contributed by atoms with Crippen molar-refractivity contribution in [2.75, 3.05) is 6.54 Å². The molecule has 0 radical (unpaired) electrons. The largest absolute Gasteiger partial charge is 0.350 e. The van der Waals surface area contributed by atoms with Gasteiger partial charge in [0.25, 0.3) is 11.8 Å². The average Bonchev–Trinajstić information content (AvgIpc) is 3.29. The van der Waals surface area contributed by atoms with Crippen LogP contribution in [0.25, 0.3) is 0 Å². The summed E-state index contributed by atoms with van der Waals surface area (Å²) in [5.41, 5.74) is 1.97. The molecular weight excluding hydrogens is 478 g/mol. The van der Waals surface area contributed by atoms with Crippen LogP contribution in [0.15, 0.2) is 54.9 Å². The van der Waals surface area contributed by atoms with Crippen molar-refractivity contribution in [3.8, 4) is 0 Å². The van der Waals surface area contributed by atoms with Crippen molar-refractivity contribution in [1.29, 1.82) is 0 Å². The molecule has 36 heavy (non-hydrogen) atoms. The summed E-state index contributed by atoms with van der Waals surface area (Å²) in [6.45, 7) is 6.84. The van der Waals surface area contributed by atoms with Crippen LogP contribution in [-0.2, 0) is 24.4 Å². The van der Waals surface area contributed by atoms with Crippen molar-refractivity contribution in [2.24, 2.45) is 0 Å². The number of nitrogens with zero attached hydrogens (tertiary/aromatic N) is 3. The van der Waals surface area contributed by atoms with Crippen LogP contribution in [0, 0.1) is 6.92 Å². The molecule has 2 heterocycles. The van der Waals surface area contributed by atoms with Crippen LogP contribution >= 0.6 is 11.6 Å². The van der Waals surface area contributed by atoms with Crippen molar-refractivity contribution >= 4 is 29.3 Å². The number of halogens is 1. The minimum Gasteiger partial charge on any atom is -0.350 e. The molecule has 0 unspecified atom stereocenters. The lowest BCUT2D eigenvalue weighted by molar-refractivity contribution is -0.133. The highest BCUT2D eigenvalue weighted by Crippen LogP contribution is 2.29. The lowest BCUT2D eigenvalue weighted by Crippen LogP contribution is -2.64. The number of amides is 3. The van der Waals surface area contributed by atoms with Gasteiger partial charge in [-0.25, -0.2) is 4.98 Å². The van der Waals surface area contributed by atoms with E-state index >= 15 is 0 Å². The highest BCUT2D eigenvalue weighted by atomic mass is 35.5. The maximum Gasteiger partial charge on any atom is 0.273 e. The number of carbonyl (C=O) groups excluding carboxylic acids is 3. The quantitative estimate of drug-likeness (QED) is 0.485. The predicted molar refractivity (Wildman–Crippen MR) is 138 cm³/mol. The Morgan fingerprint density at radius 2 is 1.81 bits per heavy atom. The van der Waals surface area contributed by atoms with Gasteiger partial charge >= 0.3 is 0 Å². The molecule has 2 N–H and O–H groups in total. The van der Waals surface area contributed by atoms with Gasteiger partial charge in [0.1, 0.15) is 11.2 Å². The minimum atomic E-state index is -1.13. The topological polar surface area (TPSA) is 96.3 Å². The number of carbonyl (C=O) groups is 3. The summed E-state index contributed by atoms with van der Waals surface area (Å²) in [4.78, 5) is 45.8. The number of hydrogen-bond donors (Lipinski definition) is 2. The number of hydrogen-bond acceptors (Lipinski definition) is 4. The summed E-state index contributed by atoms with van der Waals surface area (Å²) in [5, 5.41) is 6.32. The molecule has 8 nitrogen and oxygen atoms in total. The first kappa shape index (κ1) is 25.4. The van der Waals surface area contributed by atoms with Crippen LogP contribution < -0.4 is 10.6 Å². The van der Waals surface area contributed by atoms with Gasteiger partial charge in [0, 0.05) is 24.7 Å². The molecule has 0 spiro atoms. The molecule has 0 saturated heterocycles. The van der Waals surface area contributed by atoms with Crippen molar-refractivity contribution in [1.82, 2.24) is 25.1 Å². The van der Waals surface area contributed by atoms with Crippen LogP contribution in [-0.4, -0.2) is 44.3 Å². The molecule has 1 aromatic heterocycles. The Balaban J connectivity index is 1.54. The second kappa shape index (κ2) is 10.5. The maximum absolute atomic E-state index is 13.6. The van der Waals surface area contributed by atoms with E-state index in [2.05, 4.69) is 15.6 Å². The number of imidazole rings is 1. The molecular formula is C27H30ClN5O3. The number of benzene rings is 2. The molecule has 9 heteroatoms. The summed E-state index contributed by atoms with van der Waals surface area (Å²) in [5.74, 6) is -1.12. The Hall–Kier alpha value is -3.65. The van der Waals surface area contributed by atoms with Gasteiger partial charge in [-0.1, -0.05) is 66.6 Å². The molecule has 1 aliphatic heterocycles. The molecule has 0 bridgehead atoms. The van der Waals surface area contributed by atoms with Crippen molar-refractivity contribution < 1.29 is 14.4 Å². The van der Waals surface area contributed by atoms with E-state index < -0.39 is 17.4 Å². The number of nitrogens with one attached hydrogen (secondary N) is 2. The molecule has 2 aromatic carbocycles. The van der Waals surface area contributed by atoms with Crippen LogP contribution in [0.5, 0.6) is 0 Å². The zero-order valence-corrected chi connectivity index (χ0v) is 21.4. The molecule has 4 rings (SSSR count). The van der Waals surface area contributed by atoms with Crippen LogP contribution in [0.4, 0.5) is 0 Å². The summed E-state index contributed by atoms with van der Waals surface area (Å²) < 4.78 is 1.60. The van der Waals surface area contributed by atoms with E-state index in [0.717, 1.165) is 16.7 Å². The van der Waals surface area contributed by atoms with Gasteiger partial charge in [-0.2, -0.15) is 0 Å². The Bertz CT molecular complexity index is 1290. The lowest BCUT2D eigenvalue weighted by Gasteiger charge is -2.43. The fourth-order valence-corrected chi connectivity index (χ4v) is 4.61. The van der Waals surface area contributed by atoms with Crippen LogP contribution in [0.1, 0.15) is 57.9 Å². The smallest absolute Gasteiger partial charge is 0.273 e. The second-order valence-electron chi connectivity index (χ2n) is 9.24. The van der Waals surface area contributed by atoms with E-state index in [0.29, 0.717) is 24.5 Å². The Morgan fingerprint density at radius 3 is 2.50 bits per heavy atom. The fraction of sp³-hybridized carbons (Fsp3) is 0.333. The van der Waals surface area contributed by atoms with Gasteiger partial charge in [-0.15, -0.1) is 0 Å². The third-order valence-corrected chi connectivity index (χ3v) is 6.85. The second-order valence-corrected chi connectivity index (χ2v) is 9.65. The van der Waals surface area contributed by atoms with E-state index in [1.807, 2.05) is 56.3 Å². The van der Waals surface area contributed by atoms with E-state index in [1.54, 1.807) is 22.5 Å². The zero-order valence-electron chi connectivity index (χ0n) is 20.7. The molecule has 3 aromatic rings. The van der Waals surface area contributed by atoms with Crippen molar-refractivity contribution in [3.05, 3.63) is 88.0 Å². The first-order valence-electron chi connectivity index (χ1n) is 12.0. The Labute approximate surface area is 215 Å². The van der Waals surface area contributed by atoms with Gasteiger partial charge in [0.05, 0.1) is 12.9 Å². The van der Waals surface area contributed by atoms with Gasteiger partial charge < -0.3 is 20.1 Å². The first-order chi connectivity index (χ1) is 17.2. The van der Waals surface area contributed by atoms with Gasteiger partial charge in [0.2, 0.25) is 5.91 Å². The highest BCUT2D eigenvalue weighted by Gasteiger charge is 2.48. The highest BCUT2D eigenvalue weighted by molar-refractivity contribution is 6.31. The summed E-state index contributed by atoms with van der Waals surface area (Å²) in [7, 11) is 0. The first-order valence-corrected chi connectivity index (χ1v) is 12.3. The van der Waals surface area contributed by atoms with Crippen LogP contribution in [0.3, 0.4) is 0 Å². The predicted octanol–water partition coefficient (Wildman–Crippen LogP) is 3.72. The summed E-state index contributed by atoms with van der Waals surface area (Å²) in [6.07, 6.45) is 2.11. The molecule has 3 amide bonds. The number of aryl methyl sites for hydroxylation is 1. The summed E-state index contributed by atoms with van der Waals surface area (Å²) in [6, 6.07) is 15.1. The molecule has 0 aliphatic carbocycles. The number of aromatic nitrogens is 2. The zero-order chi connectivity index (χ0) is 25.9. The van der Waals surface area contributed by atoms with E-state index in [4.69, 9.17) is 11.6 Å². The van der Waals surface area contributed by atoms with E-state index in [-0.39, 0.29) is 30.4 Å². The standard InChI is InChI=1S/C27H30ClN5O3/c1-4-13-33-25(35)23-22(24(34)29-15-20-7-5-6-8-21(20)28)31-17-32(23)16-27(33,3)26(36)30-14-19-11-9-18(2)10-12-19/h5-12,17H,4,13-16H2,1-3H3,(H,29,34)(H,30,36)/t27-/m1/s1. The van der Waals surface area contributed by atoms with Gasteiger partial charge in [0.15, 0.2) is 5.69 Å². The summed E-state index contributed by atoms with van der Waals surface area (Å²) >= 11 is 6.19. The number of rotatable bonds is 8. The van der Waals surface area contributed by atoms with Crippen molar-refractivity contribution in [2.45, 2.75) is 52.4 Å². The normalized spacial score (nSPS) is 17.0. The van der Waals surface area contributed by atoms with E-state index in [1.165, 1.54) is 6.33 Å². The van der Waals surface area contributed by atoms with E-state index in [9.17, 15) is 14.4 Å². The van der Waals surface area contributed by atoms with Crippen molar-refractivity contribution in [3.63, 3.8) is 0 Å². The fourth-order valence-electron chi connectivity index (χ4n) is 4.41. The Morgan fingerprint density at radius 1 is 1.08 bits per heavy atom. The molecule has 188 valence electrons. The SMILES string of the molecule is CCCN1C(=O)c2c(C(=O)NCc3ccccc3Cl)ncn2C[C@]1(C)C(=O)NCc1ccc(C)cc1. The molecule has 0 fully saturated rings. The minimum absolute atomic E-state index is 0.0373. The molecule has 1 atom stereocenters. The Kier molecular flexibility index (Phi) is 7.45. The average molecular weight is 508 g/mol. The molecule has 1 aliphatic rings. The maximum atomic E-state index is 13.6. The molecule has 0 saturated carbocycles. The van der Waals surface area contributed by atoms with Gasteiger partial charge in [-0.05, 0) is 37.5 Å². The monoisotopic (exact) mass is 507 g/mol. The third-order valence-electron chi connectivity index (χ3n) is 6.48. The van der Waals surface area contributed by atoms with Crippen LogP contribution in [0.2, 0.25) is 5.02 Å². The third kappa shape index (κ3) is 4.99.